The third kappa shape index (κ3) is 2.20. The highest BCUT2D eigenvalue weighted by atomic mass is 15.3. The summed E-state index contributed by atoms with van der Waals surface area (Å²) in [4.78, 5) is 5.06. The fraction of sp³-hybridized carbons (Fsp3) is 0.625. The molecule has 3 heteroatoms. The fourth-order valence-electron chi connectivity index (χ4n) is 3.52. The smallest absolute Gasteiger partial charge is 0.0459 e. The molecule has 2 aliphatic rings. The second-order valence-electron chi connectivity index (χ2n) is 6.70. The van der Waals surface area contributed by atoms with Gasteiger partial charge >= 0.3 is 0 Å². The van der Waals surface area contributed by atoms with Crippen LogP contribution in [0.1, 0.15) is 31.0 Å². The van der Waals surface area contributed by atoms with Crippen molar-refractivity contribution in [3.05, 3.63) is 35.4 Å². The first kappa shape index (κ1) is 13.1. The van der Waals surface area contributed by atoms with E-state index in [0.717, 1.165) is 26.1 Å². The summed E-state index contributed by atoms with van der Waals surface area (Å²) in [5.74, 6) is 0. The molecule has 1 aromatic rings. The van der Waals surface area contributed by atoms with Crippen molar-refractivity contribution >= 4 is 0 Å². The third-order valence-electron chi connectivity index (χ3n) is 5.07. The first-order chi connectivity index (χ1) is 8.99. The van der Waals surface area contributed by atoms with Gasteiger partial charge in [-0.2, -0.15) is 0 Å². The molecule has 19 heavy (non-hydrogen) atoms. The van der Waals surface area contributed by atoms with Gasteiger partial charge in [0.15, 0.2) is 0 Å². The second-order valence-corrected chi connectivity index (χ2v) is 6.70. The van der Waals surface area contributed by atoms with Gasteiger partial charge in [0.25, 0.3) is 0 Å². The van der Waals surface area contributed by atoms with Crippen LogP contribution >= 0.6 is 0 Å². The molecule has 1 heterocycles. The first-order valence-electron chi connectivity index (χ1n) is 7.28. The van der Waals surface area contributed by atoms with Gasteiger partial charge in [0.05, 0.1) is 0 Å². The predicted molar refractivity (Wildman–Crippen MR) is 79.1 cm³/mol. The Bertz CT molecular complexity index is 469. The lowest BCUT2D eigenvalue weighted by molar-refractivity contribution is 0.0133. The van der Waals surface area contributed by atoms with Gasteiger partial charge in [-0.3, -0.25) is 9.80 Å². The van der Waals surface area contributed by atoms with Crippen molar-refractivity contribution in [2.24, 2.45) is 5.73 Å². The van der Waals surface area contributed by atoms with Crippen molar-refractivity contribution in [3.8, 4) is 0 Å². The summed E-state index contributed by atoms with van der Waals surface area (Å²) in [5.41, 5.74) is 9.52. The number of nitrogens with two attached hydrogens (primary N) is 1. The van der Waals surface area contributed by atoms with E-state index in [1.165, 1.54) is 11.1 Å². The van der Waals surface area contributed by atoms with Crippen LogP contribution in [0.15, 0.2) is 24.3 Å². The minimum Gasteiger partial charge on any atom is -0.323 e. The molecule has 0 bridgehead atoms. The molecule has 1 aliphatic heterocycles. The van der Waals surface area contributed by atoms with Gasteiger partial charge in [-0.25, -0.2) is 0 Å². The molecule has 2 N–H and O–H groups in total. The topological polar surface area (TPSA) is 32.5 Å². The molecule has 0 radical (unpaired) electrons. The van der Waals surface area contributed by atoms with Gasteiger partial charge in [-0.1, -0.05) is 24.3 Å². The molecule has 2 atom stereocenters. The molecule has 3 nitrogen and oxygen atoms in total. The van der Waals surface area contributed by atoms with Gasteiger partial charge in [0.2, 0.25) is 0 Å². The molecule has 1 fully saturated rings. The van der Waals surface area contributed by atoms with Crippen LogP contribution in [0.25, 0.3) is 0 Å². The number of piperazine rings is 1. The molecule has 1 saturated heterocycles. The molecule has 104 valence electrons. The molecule has 1 aliphatic carbocycles. The molecule has 0 spiro atoms. The number of hydrogen-bond donors (Lipinski definition) is 1. The first-order valence-corrected chi connectivity index (χ1v) is 7.28. The fourth-order valence-corrected chi connectivity index (χ4v) is 3.52. The lowest BCUT2D eigenvalue weighted by atomic mass is 9.96. The Kier molecular flexibility index (Phi) is 3.16. The van der Waals surface area contributed by atoms with Crippen LogP contribution in [0.4, 0.5) is 0 Å². The Morgan fingerprint density at radius 1 is 1.21 bits per heavy atom. The largest absolute Gasteiger partial charge is 0.323 e. The van der Waals surface area contributed by atoms with Crippen molar-refractivity contribution in [3.63, 3.8) is 0 Å². The Hall–Kier alpha value is -0.900. The predicted octanol–water partition coefficient (Wildman–Crippen LogP) is 1.64. The standard InChI is InChI=1S/C16H25N3/c1-16(2)11-19(9-8-18(16)3)14-10-12-6-4-5-7-13(12)15(14)17/h4-7,14-15H,8-11,17H2,1-3H3. The van der Waals surface area contributed by atoms with Gasteiger partial charge in [-0.15, -0.1) is 0 Å². The summed E-state index contributed by atoms with van der Waals surface area (Å²) in [7, 11) is 2.22. The lowest BCUT2D eigenvalue weighted by Crippen LogP contribution is -2.60. The summed E-state index contributed by atoms with van der Waals surface area (Å²) in [6, 6.07) is 9.31. The van der Waals surface area contributed by atoms with E-state index in [9.17, 15) is 0 Å². The summed E-state index contributed by atoms with van der Waals surface area (Å²) < 4.78 is 0. The van der Waals surface area contributed by atoms with Crippen LogP contribution in [-0.4, -0.2) is 48.1 Å². The van der Waals surface area contributed by atoms with E-state index in [-0.39, 0.29) is 11.6 Å². The maximum Gasteiger partial charge on any atom is 0.0459 e. The zero-order valence-electron chi connectivity index (χ0n) is 12.3. The number of benzene rings is 1. The molecule has 0 aromatic heterocycles. The highest BCUT2D eigenvalue weighted by Crippen LogP contribution is 2.34. The second kappa shape index (κ2) is 4.58. The molecular formula is C16H25N3. The average Bonchev–Trinajstić information content (AvgIpc) is 2.71. The molecule has 1 aromatic carbocycles. The SMILES string of the molecule is CN1CCN(C2Cc3ccccc3C2N)CC1(C)C. The van der Waals surface area contributed by atoms with Crippen LogP contribution in [0, 0.1) is 0 Å². The Morgan fingerprint density at radius 3 is 2.63 bits per heavy atom. The number of rotatable bonds is 1. The van der Waals surface area contributed by atoms with Gasteiger partial charge < -0.3 is 5.73 Å². The normalized spacial score (nSPS) is 31.4. The summed E-state index contributed by atoms with van der Waals surface area (Å²) >= 11 is 0. The minimum absolute atomic E-state index is 0.176. The molecular weight excluding hydrogens is 234 g/mol. The summed E-state index contributed by atoms with van der Waals surface area (Å²) in [5, 5.41) is 0. The van der Waals surface area contributed by atoms with E-state index < -0.39 is 0 Å². The zero-order valence-corrected chi connectivity index (χ0v) is 12.3. The van der Waals surface area contributed by atoms with Gasteiger partial charge in [0.1, 0.15) is 0 Å². The number of nitrogens with zero attached hydrogens (tertiary/aromatic N) is 2. The average molecular weight is 259 g/mol. The summed E-state index contributed by atoms with van der Waals surface area (Å²) in [6.45, 7) is 8.02. The van der Waals surface area contributed by atoms with E-state index in [1.807, 2.05) is 0 Å². The quantitative estimate of drug-likeness (QED) is 0.832. The van der Waals surface area contributed by atoms with Crippen LogP contribution in [0.3, 0.4) is 0 Å². The van der Waals surface area contributed by atoms with E-state index in [0.29, 0.717) is 6.04 Å². The lowest BCUT2D eigenvalue weighted by Gasteiger charge is -2.48. The van der Waals surface area contributed by atoms with Gasteiger partial charge in [-0.05, 0) is 38.4 Å². The molecule has 0 amide bonds. The maximum atomic E-state index is 6.49. The van der Waals surface area contributed by atoms with Crippen molar-refractivity contribution < 1.29 is 0 Å². The Morgan fingerprint density at radius 2 is 1.95 bits per heavy atom. The van der Waals surface area contributed by atoms with Crippen molar-refractivity contribution in [2.75, 3.05) is 26.7 Å². The van der Waals surface area contributed by atoms with Crippen molar-refractivity contribution in [1.82, 2.24) is 9.80 Å². The third-order valence-corrected chi connectivity index (χ3v) is 5.07. The minimum atomic E-state index is 0.176. The monoisotopic (exact) mass is 259 g/mol. The van der Waals surface area contributed by atoms with E-state index in [1.54, 1.807) is 0 Å². The van der Waals surface area contributed by atoms with Crippen LogP contribution in [0.5, 0.6) is 0 Å². The highest BCUT2D eigenvalue weighted by molar-refractivity contribution is 5.37. The number of fused-ring (bicyclic) bond motifs is 1. The molecule has 0 saturated carbocycles. The van der Waals surface area contributed by atoms with E-state index in [2.05, 4.69) is 55.0 Å². The van der Waals surface area contributed by atoms with Crippen molar-refractivity contribution in [1.29, 1.82) is 0 Å². The van der Waals surface area contributed by atoms with E-state index >= 15 is 0 Å². The molecule has 3 rings (SSSR count). The van der Waals surface area contributed by atoms with Crippen LogP contribution < -0.4 is 5.73 Å². The Balaban J connectivity index is 1.79. The zero-order chi connectivity index (χ0) is 13.6. The summed E-state index contributed by atoms with van der Waals surface area (Å²) in [6.07, 6.45) is 1.11. The van der Waals surface area contributed by atoms with Gasteiger partial charge in [0, 0.05) is 37.3 Å². The van der Waals surface area contributed by atoms with Crippen LogP contribution in [-0.2, 0) is 6.42 Å². The van der Waals surface area contributed by atoms with Crippen molar-refractivity contribution in [2.45, 2.75) is 37.9 Å². The number of likely N-dealkylation sites (N-methyl/N-ethyl adjacent to an activating group) is 1. The number of hydrogen-bond acceptors (Lipinski definition) is 3. The highest BCUT2D eigenvalue weighted by Gasteiger charge is 2.39. The molecule has 2 unspecified atom stereocenters. The van der Waals surface area contributed by atoms with E-state index in [4.69, 9.17) is 5.73 Å². The van der Waals surface area contributed by atoms with Crippen LogP contribution in [0.2, 0.25) is 0 Å². The Labute approximate surface area is 116 Å². The maximum absolute atomic E-state index is 6.49.